The zero-order valence-corrected chi connectivity index (χ0v) is 12.3. The van der Waals surface area contributed by atoms with Gasteiger partial charge in [0.05, 0.1) is 0 Å². The van der Waals surface area contributed by atoms with E-state index in [0.29, 0.717) is 17.3 Å². The van der Waals surface area contributed by atoms with Gasteiger partial charge in [-0.15, -0.1) is 0 Å². The summed E-state index contributed by atoms with van der Waals surface area (Å²) >= 11 is 6.02. The average Bonchev–Trinajstić information content (AvgIpc) is 2.53. The van der Waals surface area contributed by atoms with Crippen molar-refractivity contribution < 1.29 is 9.53 Å². The first-order valence-corrected chi connectivity index (χ1v) is 7.33. The highest BCUT2D eigenvalue weighted by Crippen LogP contribution is 2.22. The van der Waals surface area contributed by atoms with Crippen molar-refractivity contribution in [3.63, 3.8) is 0 Å². The van der Waals surface area contributed by atoms with Crippen LogP contribution in [0.15, 0.2) is 48.5 Å². The third kappa shape index (κ3) is 3.37. The molecule has 0 saturated heterocycles. The Morgan fingerprint density at radius 2 is 1.95 bits per heavy atom. The van der Waals surface area contributed by atoms with Gasteiger partial charge >= 0.3 is 0 Å². The van der Waals surface area contributed by atoms with Crippen LogP contribution in [0.1, 0.15) is 11.1 Å². The van der Waals surface area contributed by atoms with E-state index in [9.17, 15) is 4.79 Å². The van der Waals surface area contributed by atoms with Gasteiger partial charge in [0.1, 0.15) is 5.75 Å². The average molecular weight is 302 g/mol. The van der Waals surface area contributed by atoms with Gasteiger partial charge in [-0.25, -0.2) is 0 Å². The molecule has 2 aromatic carbocycles. The molecule has 0 saturated carbocycles. The maximum Gasteiger partial charge on any atom is 0.260 e. The lowest BCUT2D eigenvalue weighted by Gasteiger charge is -2.29. The second-order valence-corrected chi connectivity index (χ2v) is 5.52. The Labute approximate surface area is 129 Å². The number of benzene rings is 2. The summed E-state index contributed by atoms with van der Waals surface area (Å²) in [5.41, 5.74) is 2.40. The third-order valence-corrected chi connectivity index (χ3v) is 3.87. The van der Waals surface area contributed by atoms with Crippen LogP contribution in [0, 0.1) is 0 Å². The largest absolute Gasteiger partial charge is 0.484 e. The molecular formula is C17H16ClNO2. The third-order valence-electron chi connectivity index (χ3n) is 3.64. The fourth-order valence-electron chi connectivity index (χ4n) is 2.49. The highest BCUT2D eigenvalue weighted by molar-refractivity contribution is 6.30. The number of amides is 1. The zero-order valence-electron chi connectivity index (χ0n) is 11.6. The minimum absolute atomic E-state index is 0.00415. The van der Waals surface area contributed by atoms with E-state index in [2.05, 4.69) is 0 Å². The maximum atomic E-state index is 12.2. The number of carbonyl (C=O) groups is 1. The summed E-state index contributed by atoms with van der Waals surface area (Å²) in [7, 11) is 0. The van der Waals surface area contributed by atoms with E-state index in [1.807, 2.05) is 53.4 Å². The molecule has 108 valence electrons. The molecule has 0 bridgehead atoms. The second kappa shape index (κ2) is 6.19. The lowest BCUT2D eigenvalue weighted by molar-refractivity contribution is -0.134. The van der Waals surface area contributed by atoms with Gasteiger partial charge in [-0.05, 0) is 41.8 Å². The minimum atomic E-state index is 0.00415. The van der Waals surface area contributed by atoms with Gasteiger partial charge in [0.25, 0.3) is 5.91 Å². The monoisotopic (exact) mass is 301 g/mol. The van der Waals surface area contributed by atoms with Crippen LogP contribution in [-0.2, 0) is 17.8 Å². The quantitative estimate of drug-likeness (QED) is 0.870. The summed E-state index contributed by atoms with van der Waals surface area (Å²) in [4.78, 5) is 14.1. The number of rotatable bonds is 3. The van der Waals surface area contributed by atoms with Gasteiger partial charge in [-0.2, -0.15) is 0 Å². The van der Waals surface area contributed by atoms with Gasteiger partial charge in [-0.1, -0.05) is 35.9 Å². The van der Waals surface area contributed by atoms with Crippen LogP contribution in [0.3, 0.4) is 0 Å². The Morgan fingerprint density at radius 3 is 2.76 bits per heavy atom. The molecule has 0 fully saturated rings. The molecule has 3 rings (SSSR count). The molecule has 0 spiro atoms. The highest BCUT2D eigenvalue weighted by atomic mass is 35.5. The van der Waals surface area contributed by atoms with Gasteiger partial charge in [0.2, 0.25) is 0 Å². The molecule has 0 radical (unpaired) electrons. The van der Waals surface area contributed by atoms with Crippen LogP contribution in [0.5, 0.6) is 5.75 Å². The second-order valence-electron chi connectivity index (χ2n) is 5.08. The smallest absolute Gasteiger partial charge is 0.260 e. The van der Waals surface area contributed by atoms with Crippen molar-refractivity contribution in [1.29, 1.82) is 0 Å². The summed E-state index contributed by atoms with van der Waals surface area (Å²) in [6, 6.07) is 15.3. The molecule has 1 aliphatic rings. The van der Waals surface area contributed by atoms with Gasteiger partial charge in [-0.3, -0.25) is 4.79 Å². The number of para-hydroxylation sites is 1. The lowest BCUT2D eigenvalue weighted by atomic mass is 10.00. The molecule has 0 atom stereocenters. The molecule has 0 aromatic heterocycles. The first-order valence-electron chi connectivity index (χ1n) is 6.95. The van der Waals surface area contributed by atoms with Crippen LogP contribution in [0.25, 0.3) is 0 Å². The maximum absolute atomic E-state index is 12.2. The molecule has 21 heavy (non-hydrogen) atoms. The van der Waals surface area contributed by atoms with Crippen molar-refractivity contribution in [3.8, 4) is 5.75 Å². The number of hydrogen-bond donors (Lipinski definition) is 0. The summed E-state index contributed by atoms with van der Waals surface area (Å²) in [6.07, 6.45) is 0.865. The van der Waals surface area contributed by atoms with E-state index in [1.54, 1.807) is 0 Å². The number of nitrogens with zero attached hydrogens (tertiary/aromatic N) is 1. The summed E-state index contributed by atoms with van der Waals surface area (Å²) < 4.78 is 5.52. The first kappa shape index (κ1) is 14.0. The standard InChI is InChI=1S/C17H16ClNO2/c18-15-7-6-13-8-9-19(11-14(13)10-15)17(20)12-21-16-4-2-1-3-5-16/h1-7,10H,8-9,11-12H2. The molecule has 1 amide bonds. The topological polar surface area (TPSA) is 29.5 Å². The molecule has 0 N–H and O–H groups in total. The van der Waals surface area contributed by atoms with Crippen molar-refractivity contribution in [3.05, 3.63) is 64.7 Å². The Bertz CT molecular complexity index is 642. The van der Waals surface area contributed by atoms with Crippen LogP contribution in [0.2, 0.25) is 5.02 Å². The first-order chi connectivity index (χ1) is 10.2. The van der Waals surface area contributed by atoms with Crippen LogP contribution < -0.4 is 4.74 Å². The van der Waals surface area contributed by atoms with Crippen molar-refractivity contribution in [2.24, 2.45) is 0 Å². The lowest BCUT2D eigenvalue weighted by Crippen LogP contribution is -2.38. The van der Waals surface area contributed by atoms with E-state index in [4.69, 9.17) is 16.3 Å². The van der Waals surface area contributed by atoms with E-state index >= 15 is 0 Å². The van der Waals surface area contributed by atoms with Crippen LogP contribution in [0.4, 0.5) is 0 Å². The Balaban J connectivity index is 1.61. The number of hydrogen-bond acceptors (Lipinski definition) is 2. The van der Waals surface area contributed by atoms with Gasteiger partial charge in [0, 0.05) is 18.1 Å². The summed E-state index contributed by atoms with van der Waals surface area (Å²) in [5, 5.41) is 0.712. The summed E-state index contributed by atoms with van der Waals surface area (Å²) in [6.45, 7) is 1.40. The Kier molecular flexibility index (Phi) is 4.11. The highest BCUT2D eigenvalue weighted by Gasteiger charge is 2.21. The number of carbonyl (C=O) groups excluding carboxylic acids is 1. The molecule has 2 aromatic rings. The zero-order chi connectivity index (χ0) is 14.7. The van der Waals surface area contributed by atoms with E-state index in [0.717, 1.165) is 18.5 Å². The Morgan fingerprint density at radius 1 is 1.14 bits per heavy atom. The van der Waals surface area contributed by atoms with Gasteiger partial charge < -0.3 is 9.64 Å². The van der Waals surface area contributed by atoms with Gasteiger partial charge in [0.15, 0.2) is 6.61 Å². The van der Waals surface area contributed by atoms with Crippen molar-refractivity contribution in [2.75, 3.05) is 13.2 Å². The molecule has 0 aliphatic carbocycles. The number of fused-ring (bicyclic) bond motifs is 1. The predicted molar refractivity (Wildman–Crippen MR) is 82.5 cm³/mol. The van der Waals surface area contributed by atoms with Crippen molar-refractivity contribution in [1.82, 2.24) is 4.90 Å². The van der Waals surface area contributed by atoms with Crippen molar-refractivity contribution >= 4 is 17.5 Å². The number of ether oxygens (including phenoxy) is 1. The van der Waals surface area contributed by atoms with E-state index < -0.39 is 0 Å². The van der Waals surface area contributed by atoms with Crippen molar-refractivity contribution in [2.45, 2.75) is 13.0 Å². The van der Waals surface area contributed by atoms with Crippen LogP contribution >= 0.6 is 11.6 Å². The minimum Gasteiger partial charge on any atom is -0.484 e. The molecule has 1 aliphatic heterocycles. The summed E-state index contributed by atoms with van der Waals surface area (Å²) in [5.74, 6) is 0.718. The predicted octanol–water partition coefficient (Wildman–Crippen LogP) is 3.30. The molecule has 0 unspecified atom stereocenters. The normalized spacial score (nSPS) is 13.7. The Hall–Kier alpha value is -2.00. The van der Waals surface area contributed by atoms with E-state index in [-0.39, 0.29) is 12.5 Å². The van der Waals surface area contributed by atoms with E-state index in [1.165, 1.54) is 5.56 Å². The molecule has 1 heterocycles. The van der Waals surface area contributed by atoms with Crippen LogP contribution in [-0.4, -0.2) is 24.0 Å². The number of halogens is 1. The molecular weight excluding hydrogens is 286 g/mol. The molecule has 4 heteroatoms. The fraction of sp³-hybridized carbons (Fsp3) is 0.235. The SMILES string of the molecule is O=C(COc1ccccc1)N1CCc2ccc(Cl)cc2C1. The molecule has 3 nitrogen and oxygen atoms in total. The fourth-order valence-corrected chi connectivity index (χ4v) is 2.69.